The van der Waals surface area contributed by atoms with Gasteiger partial charge in [-0.15, -0.1) is 0 Å². The summed E-state index contributed by atoms with van der Waals surface area (Å²) in [5, 5.41) is 11.6. The third-order valence-electron chi connectivity index (χ3n) is 1.94. The molecule has 0 bridgehead atoms. The third-order valence-corrected chi connectivity index (χ3v) is 1.94. The fourth-order valence-corrected chi connectivity index (χ4v) is 1.46. The van der Waals surface area contributed by atoms with E-state index in [-0.39, 0.29) is 11.5 Å². The SMILES string of the molecule is CC1(C)OC(C)(C)C(=NO)C1=O. The Balaban J connectivity index is 3.14. The number of ketones is 1. The van der Waals surface area contributed by atoms with Crippen LogP contribution in [0, 0.1) is 0 Å². The van der Waals surface area contributed by atoms with Crippen molar-refractivity contribution in [3.63, 3.8) is 0 Å². The highest BCUT2D eigenvalue weighted by Gasteiger charge is 2.51. The quantitative estimate of drug-likeness (QED) is 0.436. The van der Waals surface area contributed by atoms with E-state index < -0.39 is 11.2 Å². The average molecular weight is 171 g/mol. The number of oxime groups is 1. The molecular formula is C8H13NO3. The zero-order chi connectivity index (χ0) is 9.57. The number of hydrogen-bond donors (Lipinski definition) is 1. The van der Waals surface area contributed by atoms with Gasteiger partial charge in [0, 0.05) is 0 Å². The highest BCUT2D eigenvalue weighted by Crippen LogP contribution is 2.31. The highest BCUT2D eigenvalue weighted by atomic mass is 16.5. The average Bonchev–Trinajstić information content (AvgIpc) is 1.98. The van der Waals surface area contributed by atoms with Gasteiger partial charge >= 0.3 is 0 Å². The lowest BCUT2D eigenvalue weighted by Crippen LogP contribution is -2.30. The molecule has 4 nitrogen and oxygen atoms in total. The van der Waals surface area contributed by atoms with E-state index in [4.69, 9.17) is 9.94 Å². The van der Waals surface area contributed by atoms with Crippen LogP contribution < -0.4 is 0 Å². The standard InChI is InChI=1S/C8H13NO3/c1-7(2)5(9-11)6(10)8(3,4)12-7/h11H,1-4H3. The van der Waals surface area contributed by atoms with E-state index in [1.807, 2.05) is 0 Å². The smallest absolute Gasteiger partial charge is 0.214 e. The Labute approximate surface area is 71.2 Å². The zero-order valence-electron chi connectivity index (χ0n) is 7.71. The second-order valence-corrected chi connectivity index (χ2v) is 3.90. The number of hydrogen-bond acceptors (Lipinski definition) is 4. The molecule has 1 N–H and O–H groups in total. The van der Waals surface area contributed by atoms with E-state index in [9.17, 15) is 4.79 Å². The minimum atomic E-state index is -0.870. The molecule has 0 unspecified atom stereocenters. The van der Waals surface area contributed by atoms with Crippen LogP contribution in [0.3, 0.4) is 0 Å². The molecular weight excluding hydrogens is 158 g/mol. The molecule has 0 spiro atoms. The van der Waals surface area contributed by atoms with Crippen molar-refractivity contribution in [1.29, 1.82) is 0 Å². The summed E-state index contributed by atoms with van der Waals surface area (Å²) in [4.78, 5) is 11.5. The van der Waals surface area contributed by atoms with Gasteiger partial charge in [-0.05, 0) is 27.7 Å². The lowest BCUT2D eigenvalue weighted by Gasteiger charge is -2.20. The first-order valence-corrected chi connectivity index (χ1v) is 3.79. The van der Waals surface area contributed by atoms with Gasteiger partial charge in [0.05, 0.1) is 0 Å². The van der Waals surface area contributed by atoms with E-state index in [0.29, 0.717) is 0 Å². The summed E-state index contributed by atoms with van der Waals surface area (Å²) in [6.07, 6.45) is 0. The molecule has 0 radical (unpaired) electrons. The van der Waals surface area contributed by atoms with Gasteiger partial charge in [-0.1, -0.05) is 5.16 Å². The van der Waals surface area contributed by atoms with Crippen molar-refractivity contribution in [2.45, 2.75) is 38.9 Å². The number of ether oxygens (including phenoxy) is 1. The maximum Gasteiger partial charge on any atom is 0.214 e. The van der Waals surface area contributed by atoms with Crippen molar-refractivity contribution in [2.75, 3.05) is 0 Å². The van der Waals surface area contributed by atoms with E-state index >= 15 is 0 Å². The molecule has 0 aromatic carbocycles. The van der Waals surface area contributed by atoms with Crippen LogP contribution in [-0.2, 0) is 9.53 Å². The van der Waals surface area contributed by atoms with Crippen LogP contribution in [0.15, 0.2) is 5.16 Å². The van der Waals surface area contributed by atoms with Gasteiger partial charge in [0.1, 0.15) is 11.2 Å². The Bertz CT molecular complexity index is 253. The van der Waals surface area contributed by atoms with Gasteiger partial charge in [0.15, 0.2) is 5.71 Å². The fraction of sp³-hybridized carbons (Fsp3) is 0.750. The van der Waals surface area contributed by atoms with Gasteiger partial charge in [0.25, 0.3) is 0 Å². The Morgan fingerprint density at radius 1 is 1.25 bits per heavy atom. The van der Waals surface area contributed by atoms with Crippen LogP contribution in [0.4, 0.5) is 0 Å². The summed E-state index contributed by atoms with van der Waals surface area (Å²) in [6.45, 7) is 6.73. The summed E-state index contributed by atoms with van der Waals surface area (Å²) < 4.78 is 5.41. The first-order valence-electron chi connectivity index (χ1n) is 3.79. The Kier molecular flexibility index (Phi) is 1.76. The number of carbonyl (C=O) groups excluding carboxylic acids is 1. The van der Waals surface area contributed by atoms with Crippen LogP contribution in [0.5, 0.6) is 0 Å². The molecule has 0 aliphatic carbocycles. The minimum Gasteiger partial charge on any atom is -0.410 e. The maximum atomic E-state index is 11.5. The van der Waals surface area contributed by atoms with Crippen LogP contribution >= 0.6 is 0 Å². The normalized spacial score (nSPS) is 29.7. The van der Waals surface area contributed by atoms with Crippen molar-refractivity contribution < 1.29 is 14.7 Å². The summed E-state index contributed by atoms with van der Waals surface area (Å²) >= 11 is 0. The van der Waals surface area contributed by atoms with Crippen molar-refractivity contribution in [1.82, 2.24) is 0 Å². The topological polar surface area (TPSA) is 58.9 Å². The fourth-order valence-electron chi connectivity index (χ4n) is 1.46. The monoisotopic (exact) mass is 171 g/mol. The highest BCUT2D eigenvalue weighted by molar-refractivity contribution is 6.46. The second kappa shape index (κ2) is 2.29. The molecule has 1 aliphatic heterocycles. The Morgan fingerprint density at radius 3 is 1.92 bits per heavy atom. The molecule has 0 amide bonds. The van der Waals surface area contributed by atoms with Gasteiger partial charge in [-0.25, -0.2) is 0 Å². The summed E-state index contributed by atoms with van der Waals surface area (Å²) in [5.41, 5.74) is -1.56. The van der Waals surface area contributed by atoms with Crippen molar-refractivity contribution >= 4 is 11.5 Å². The largest absolute Gasteiger partial charge is 0.410 e. The van der Waals surface area contributed by atoms with Crippen LogP contribution in [-0.4, -0.2) is 27.9 Å². The van der Waals surface area contributed by atoms with Crippen molar-refractivity contribution in [2.24, 2.45) is 5.16 Å². The molecule has 1 fully saturated rings. The van der Waals surface area contributed by atoms with E-state index in [1.165, 1.54) is 0 Å². The van der Waals surface area contributed by atoms with E-state index in [2.05, 4.69) is 5.16 Å². The molecule has 1 rings (SSSR count). The van der Waals surface area contributed by atoms with Crippen LogP contribution in [0.2, 0.25) is 0 Å². The van der Waals surface area contributed by atoms with Gasteiger partial charge < -0.3 is 9.94 Å². The van der Waals surface area contributed by atoms with E-state index in [0.717, 1.165) is 0 Å². The first kappa shape index (κ1) is 9.19. The second-order valence-electron chi connectivity index (χ2n) is 3.90. The maximum absolute atomic E-state index is 11.5. The predicted molar refractivity (Wildman–Crippen MR) is 43.5 cm³/mol. The van der Waals surface area contributed by atoms with Crippen LogP contribution in [0.25, 0.3) is 0 Å². The van der Waals surface area contributed by atoms with E-state index in [1.54, 1.807) is 27.7 Å². The molecule has 68 valence electrons. The molecule has 0 saturated carbocycles. The summed E-state index contributed by atoms with van der Waals surface area (Å²) in [7, 11) is 0. The number of Topliss-reactive ketones (excluding diaryl/α,β-unsaturated/α-hetero) is 1. The lowest BCUT2D eigenvalue weighted by atomic mass is 9.97. The first-order chi connectivity index (χ1) is 5.31. The molecule has 1 aliphatic rings. The molecule has 4 heteroatoms. The molecule has 1 saturated heterocycles. The third kappa shape index (κ3) is 1.12. The number of carbonyl (C=O) groups is 1. The van der Waals surface area contributed by atoms with Gasteiger partial charge in [-0.2, -0.15) is 0 Å². The predicted octanol–water partition coefficient (Wildman–Crippen LogP) is 0.973. The Hall–Kier alpha value is -0.900. The van der Waals surface area contributed by atoms with Crippen molar-refractivity contribution in [3.05, 3.63) is 0 Å². The molecule has 1 heterocycles. The molecule has 0 aromatic heterocycles. The summed E-state index contributed by atoms with van der Waals surface area (Å²) in [5.74, 6) is -0.255. The van der Waals surface area contributed by atoms with Crippen LogP contribution in [0.1, 0.15) is 27.7 Å². The molecule has 0 atom stereocenters. The number of nitrogens with zero attached hydrogens (tertiary/aromatic N) is 1. The molecule has 12 heavy (non-hydrogen) atoms. The van der Waals surface area contributed by atoms with Gasteiger partial charge in [0.2, 0.25) is 5.78 Å². The molecule has 0 aromatic rings. The van der Waals surface area contributed by atoms with Gasteiger partial charge in [-0.3, -0.25) is 4.79 Å². The minimum absolute atomic E-state index is 0.0903. The lowest BCUT2D eigenvalue weighted by molar-refractivity contribution is -0.131. The van der Waals surface area contributed by atoms with Crippen molar-refractivity contribution in [3.8, 4) is 0 Å². The summed E-state index contributed by atoms with van der Waals surface area (Å²) in [6, 6.07) is 0. The number of rotatable bonds is 0. The Morgan fingerprint density at radius 2 is 1.75 bits per heavy atom. The zero-order valence-corrected chi connectivity index (χ0v) is 7.71.